The number of rotatable bonds is 3. The maximum absolute atomic E-state index is 12.2. The van der Waals surface area contributed by atoms with E-state index in [9.17, 15) is 14.7 Å². The van der Waals surface area contributed by atoms with Crippen molar-refractivity contribution in [1.29, 1.82) is 0 Å². The Kier molecular flexibility index (Phi) is 4.73. The minimum atomic E-state index is -0.493. The Morgan fingerprint density at radius 1 is 1.09 bits per heavy atom. The average Bonchev–Trinajstić information content (AvgIpc) is 2.43. The molecule has 122 valence electrons. The molecule has 0 atom stereocenters. The summed E-state index contributed by atoms with van der Waals surface area (Å²) in [6, 6.07) is 7.66. The van der Waals surface area contributed by atoms with Crippen molar-refractivity contribution in [3.05, 3.63) is 47.2 Å². The summed E-state index contributed by atoms with van der Waals surface area (Å²) < 4.78 is 0. The first-order chi connectivity index (χ1) is 10.7. The van der Waals surface area contributed by atoms with Gasteiger partial charge in [-0.05, 0) is 23.1 Å². The van der Waals surface area contributed by atoms with E-state index in [-0.39, 0.29) is 35.4 Å². The lowest BCUT2D eigenvalue weighted by molar-refractivity contribution is -0.296. The molecule has 0 unspecified atom stereocenters. The number of carbonyl (C=O) groups excluding carboxylic acids is 2. The second-order valence-electron chi connectivity index (χ2n) is 6.92. The standard InChI is InChI=1S/C19H23NO3/c1-19(2)11-16(22)18(17(23)12-19)15(21)10-7-13-5-8-14(9-6-13)20(3)4/h5-10,21H,11-12H2,1-4H3/p-1/b10-7+. The van der Waals surface area contributed by atoms with Gasteiger partial charge in [0.25, 0.3) is 0 Å². The molecule has 1 aliphatic rings. The third kappa shape index (κ3) is 4.09. The van der Waals surface area contributed by atoms with E-state index >= 15 is 0 Å². The lowest BCUT2D eigenvalue weighted by Gasteiger charge is -2.30. The number of hydrogen-bond donors (Lipinski definition) is 0. The van der Waals surface area contributed by atoms with Crippen molar-refractivity contribution in [2.75, 3.05) is 19.0 Å². The number of allylic oxidation sites excluding steroid dienone is 2. The highest BCUT2D eigenvalue weighted by Crippen LogP contribution is 2.34. The molecule has 1 fully saturated rings. The zero-order chi connectivity index (χ0) is 17.2. The first kappa shape index (κ1) is 17.0. The molecule has 1 saturated carbocycles. The van der Waals surface area contributed by atoms with Crippen LogP contribution in [0, 0.1) is 5.41 Å². The highest BCUT2D eigenvalue weighted by Gasteiger charge is 2.35. The van der Waals surface area contributed by atoms with E-state index in [0.717, 1.165) is 11.3 Å². The van der Waals surface area contributed by atoms with Crippen molar-refractivity contribution < 1.29 is 14.7 Å². The van der Waals surface area contributed by atoms with Crippen LogP contribution in [0.3, 0.4) is 0 Å². The summed E-state index contributed by atoms with van der Waals surface area (Å²) in [5.41, 5.74) is 1.37. The molecule has 0 spiro atoms. The van der Waals surface area contributed by atoms with Crippen molar-refractivity contribution in [3.63, 3.8) is 0 Å². The Morgan fingerprint density at radius 3 is 2.09 bits per heavy atom. The van der Waals surface area contributed by atoms with E-state index in [2.05, 4.69) is 0 Å². The van der Waals surface area contributed by atoms with Crippen LogP contribution in [0.4, 0.5) is 5.69 Å². The van der Waals surface area contributed by atoms with Crippen LogP contribution in [-0.4, -0.2) is 25.7 Å². The third-order valence-electron chi connectivity index (χ3n) is 3.92. The van der Waals surface area contributed by atoms with Gasteiger partial charge in [-0.2, -0.15) is 0 Å². The molecule has 0 saturated heterocycles. The van der Waals surface area contributed by atoms with E-state index in [4.69, 9.17) is 0 Å². The molecule has 0 aromatic heterocycles. The number of carbonyl (C=O) groups is 2. The van der Waals surface area contributed by atoms with Gasteiger partial charge >= 0.3 is 0 Å². The number of hydrogen-bond acceptors (Lipinski definition) is 4. The van der Waals surface area contributed by atoms with E-state index in [1.807, 2.05) is 57.1 Å². The second-order valence-corrected chi connectivity index (χ2v) is 6.92. The van der Waals surface area contributed by atoms with E-state index in [1.54, 1.807) is 6.08 Å². The molecule has 0 bridgehead atoms. The van der Waals surface area contributed by atoms with Crippen molar-refractivity contribution >= 4 is 23.3 Å². The number of Topliss-reactive ketones (excluding diaryl/α,β-unsaturated/α-hetero) is 2. The molecule has 1 aromatic carbocycles. The molecule has 1 aliphatic carbocycles. The lowest BCUT2D eigenvalue weighted by atomic mass is 9.74. The average molecular weight is 312 g/mol. The summed E-state index contributed by atoms with van der Waals surface area (Å²) >= 11 is 0. The van der Waals surface area contributed by atoms with Gasteiger partial charge in [0.05, 0.1) is 5.57 Å². The molecule has 1 aromatic rings. The van der Waals surface area contributed by atoms with Crippen molar-refractivity contribution in [2.45, 2.75) is 26.7 Å². The molecule has 2 rings (SSSR count). The SMILES string of the molecule is CN(C)c1ccc(/C=C/C([O-])=C2C(=O)CC(C)(C)CC2=O)cc1. The number of nitrogens with zero attached hydrogens (tertiary/aromatic N) is 1. The van der Waals surface area contributed by atoms with Crippen molar-refractivity contribution in [2.24, 2.45) is 5.41 Å². The largest absolute Gasteiger partial charge is 0.872 e. The Morgan fingerprint density at radius 2 is 1.61 bits per heavy atom. The Hall–Kier alpha value is -2.36. The summed E-state index contributed by atoms with van der Waals surface area (Å²) in [6.07, 6.45) is 3.43. The van der Waals surface area contributed by atoms with Gasteiger partial charge in [0.15, 0.2) is 11.6 Å². The molecule has 4 nitrogen and oxygen atoms in total. The maximum atomic E-state index is 12.2. The van der Waals surface area contributed by atoms with Gasteiger partial charge in [0.1, 0.15) is 0 Å². The lowest BCUT2D eigenvalue weighted by Crippen LogP contribution is -2.33. The predicted octanol–water partition coefficient (Wildman–Crippen LogP) is 2.34. The van der Waals surface area contributed by atoms with Crippen LogP contribution in [0.1, 0.15) is 32.3 Å². The van der Waals surface area contributed by atoms with Gasteiger partial charge in [-0.3, -0.25) is 9.59 Å². The Labute approximate surface area is 137 Å². The summed E-state index contributed by atoms with van der Waals surface area (Å²) in [5, 5.41) is 12.2. The van der Waals surface area contributed by atoms with Gasteiger partial charge in [0, 0.05) is 32.6 Å². The molecule has 0 heterocycles. The zero-order valence-electron chi connectivity index (χ0n) is 14.1. The number of anilines is 1. The highest BCUT2D eigenvalue weighted by molar-refractivity contribution is 6.22. The second kappa shape index (κ2) is 6.41. The van der Waals surface area contributed by atoms with Crippen LogP contribution in [0.25, 0.3) is 6.08 Å². The highest BCUT2D eigenvalue weighted by atomic mass is 16.3. The van der Waals surface area contributed by atoms with Crippen LogP contribution in [0.15, 0.2) is 41.7 Å². The minimum Gasteiger partial charge on any atom is -0.872 e. The first-order valence-electron chi connectivity index (χ1n) is 7.63. The molecular formula is C19H22NO3-. The number of benzene rings is 1. The fourth-order valence-electron chi connectivity index (χ4n) is 2.68. The zero-order valence-corrected chi connectivity index (χ0v) is 14.1. The summed E-state index contributed by atoms with van der Waals surface area (Å²) in [6.45, 7) is 3.73. The van der Waals surface area contributed by atoms with E-state index in [1.165, 1.54) is 6.08 Å². The van der Waals surface area contributed by atoms with Gasteiger partial charge in [0.2, 0.25) is 0 Å². The van der Waals surface area contributed by atoms with Gasteiger partial charge < -0.3 is 10.0 Å². The molecule has 23 heavy (non-hydrogen) atoms. The molecule has 0 N–H and O–H groups in total. The van der Waals surface area contributed by atoms with Crippen LogP contribution >= 0.6 is 0 Å². The van der Waals surface area contributed by atoms with Gasteiger partial charge in [-0.25, -0.2) is 0 Å². The topological polar surface area (TPSA) is 60.4 Å². The molecule has 0 amide bonds. The van der Waals surface area contributed by atoms with Crippen LogP contribution < -0.4 is 10.0 Å². The quantitative estimate of drug-likeness (QED) is 0.488. The summed E-state index contributed by atoms with van der Waals surface area (Å²) in [5.74, 6) is -1.18. The van der Waals surface area contributed by atoms with E-state index in [0.29, 0.717) is 0 Å². The van der Waals surface area contributed by atoms with Crippen LogP contribution in [0.5, 0.6) is 0 Å². The normalized spacial score (nSPS) is 17.7. The Bertz CT molecular complexity index is 657. The molecular weight excluding hydrogens is 290 g/mol. The monoisotopic (exact) mass is 312 g/mol. The molecule has 0 radical (unpaired) electrons. The number of ketones is 2. The smallest absolute Gasteiger partial charge is 0.166 e. The van der Waals surface area contributed by atoms with Crippen LogP contribution in [0.2, 0.25) is 0 Å². The fraction of sp³-hybridized carbons (Fsp3) is 0.368. The first-order valence-corrected chi connectivity index (χ1v) is 7.63. The van der Waals surface area contributed by atoms with E-state index < -0.39 is 5.76 Å². The van der Waals surface area contributed by atoms with Crippen LogP contribution in [-0.2, 0) is 9.59 Å². The fourth-order valence-corrected chi connectivity index (χ4v) is 2.68. The van der Waals surface area contributed by atoms with Crippen molar-refractivity contribution in [3.8, 4) is 0 Å². The van der Waals surface area contributed by atoms with Gasteiger partial charge in [-0.1, -0.05) is 43.9 Å². The molecule has 4 heteroatoms. The minimum absolute atomic E-state index is 0.175. The van der Waals surface area contributed by atoms with Crippen molar-refractivity contribution in [1.82, 2.24) is 0 Å². The maximum Gasteiger partial charge on any atom is 0.166 e. The third-order valence-corrected chi connectivity index (χ3v) is 3.92. The summed E-state index contributed by atoms with van der Waals surface area (Å²) in [4.78, 5) is 26.1. The molecule has 0 aliphatic heterocycles. The Balaban J connectivity index is 2.21. The van der Waals surface area contributed by atoms with Gasteiger partial charge in [-0.15, -0.1) is 0 Å². The predicted molar refractivity (Wildman–Crippen MR) is 89.9 cm³/mol. The summed E-state index contributed by atoms with van der Waals surface area (Å²) in [7, 11) is 3.90.